The fourth-order valence-corrected chi connectivity index (χ4v) is 4.96. The molecule has 0 spiro atoms. The minimum Gasteiger partial charge on any atom is -0.388 e. The third kappa shape index (κ3) is 4.49. The number of halogens is 1. The van der Waals surface area contributed by atoms with Crippen LogP contribution in [0.25, 0.3) is 26.2 Å². The van der Waals surface area contributed by atoms with Crippen LogP contribution in [-0.2, 0) is 0 Å². The summed E-state index contributed by atoms with van der Waals surface area (Å²) in [5, 5.41) is 19.8. The molecule has 0 saturated heterocycles. The topological polar surface area (TPSA) is 66.1 Å². The van der Waals surface area contributed by atoms with E-state index in [2.05, 4.69) is 0 Å². The number of hydrogen-bond donors (Lipinski definition) is 2. The maximum atomic E-state index is 13.2. The summed E-state index contributed by atoms with van der Waals surface area (Å²) in [6, 6.07) is 19.0. The van der Waals surface area contributed by atoms with Crippen molar-refractivity contribution in [1.29, 1.82) is 5.41 Å². The molecular weight excluding hydrogens is 428 g/mol. The number of aliphatic hydroxyl groups is 1. The van der Waals surface area contributed by atoms with Crippen LogP contribution in [0, 0.1) is 11.3 Å². The Bertz CT molecular complexity index is 1290. The molecule has 0 aliphatic carbocycles. The smallest absolute Gasteiger partial charge is 0.273 e. The Kier molecular flexibility index (Phi) is 6.10. The zero-order chi connectivity index (χ0) is 22.1. The van der Waals surface area contributed by atoms with Gasteiger partial charge in [-0.25, -0.2) is 0 Å². The molecule has 0 aliphatic rings. The molecule has 2 atom stereocenters. The van der Waals surface area contributed by atoms with Crippen LogP contribution in [0.5, 0.6) is 0 Å². The minimum atomic E-state index is -0.646. The first-order valence-corrected chi connectivity index (χ1v) is 11.3. The molecule has 2 aromatic heterocycles. The van der Waals surface area contributed by atoms with Gasteiger partial charge >= 0.3 is 0 Å². The molecule has 0 bridgehead atoms. The lowest BCUT2D eigenvalue weighted by molar-refractivity contribution is 0.121. The number of pyridine rings is 1. The molecule has 4 nitrogen and oxygen atoms in total. The van der Waals surface area contributed by atoms with Gasteiger partial charge in [-0.1, -0.05) is 42.8 Å². The SMILES string of the molecule is CC(=N)CC(C)C(O)c1ccc(-n2ccc3cc(-c4ccc(Cl)cc4)sc3c2=O)cc1. The molecule has 2 N–H and O–H groups in total. The van der Waals surface area contributed by atoms with Gasteiger partial charge in [-0.2, -0.15) is 0 Å². The summed E-state index contributed by atoms with van der Waals surface area (Å²) in [6.45, 7) is 3.68. The Hall–Kier alpha value is -2.73. The lowest BCUT2D eigenvalue weighted by Gasteiger charge is -2.19. The van der Waals surface area contributed by atoms with Crippen LogP contribution in [-0.4, -0.2) is 15.4 Å². The summed E-state index contributed by atoms with van der Waals surface area (Å²) >= 11 is 7.46. The number of hydrogen-bond acceptors (Lipinski definition) is 4. The third-order valence-electron chi connectivity index (χ3n) is 5.39. The van der Waals surface area contributed by atoms with Crippen LogP contribution < -0.4 is 5.56 Å². The second-order valence-electron chi connectivity index (χ2n) is 7.89. The van der Waals surface area contributed by atoms with Crippen molar-refractivity contribution in [1.82, 2.24) is 4.57 Å². The Balaban J connectivity index is 1.65. The van der Waals surface area contributed by atoms with E-state index in [4.69, 9.17) is 17.0 Å². The van der Waals surface area contributed by atoms with Crippen molar-refractivity contribution in [2.75, 3.05) is 0 Å². The molecule has 31 heavy (non-hydrogen) atoms. The van der Waals surface area contributed by atoms with Crippen molar-refractivity contribution in [2.24, 2.45) is 5.92 Å². The Labute approximate surface area is 189 Å². The highest BCUT2D eigenvalue weighted by Gasteiger charge is 2.17. The van der Waals surface area contributed by atoms with Crippen LogP contribution in [0.3, 0.4) is 0 Å². The number of nitrogens with one attached hydrogen (secondary N) is 1. The molecular formula is C25H23ClN2O2S. The zero-order valence-electron chi connectivity index (χ0n) is 17.3. The van der Waals surface area contributed by atoms with E-state index in [-0.39, 0.29) is 11.5 Å². The Morgan fingerprint density at radius 2 is 1.81 bits per heavy atom. The Morgan fingerprint density at radius 3 is 2.45 bits per heavy atom. The lowest BCUT2D eigenvalue weighted by atomic mass is 9.93. The highest BCUT2D eigenvalue weighted by molar-refractivity contribution is 7.22. The monoisotopic (exact) mass is 450 g/mol. The molecule has 6 heteroatoms. The van der Waals surface area contributed by atoms with Gasteiger partial charge in [-0.3, -0.25) is 9.36 Å². The van der Waals surface area contributed by atoms with Gasteiger partial charge < -0.3 is 10.5 Å². The van der Waals surface area contributed by atoms with Crippen molar-refractivity contribution in [3.05, 3.63) is 87.8 Å². The lowest BCUT2D eigenvalue weighted by Crippen LogP contribution is -2.17. The molecule has 2 aromatic carbocycles. The quantitative estimate of drug-likeness (QED) is 0.330. The van der Waals surface area contributed by atoms with E-state index in [1.165, 1.54) is 11.3 Å². The van der Waals surface area contributed by atoms with E-state index in [1.54, 1.807) is 17.7 Å². The molecule has 2 unspecified atom stereocenters. The van der Waals surface area contributed by atoms with E-state index in [9.17, 15) is 9.90 Å². The summed E-state index contributed by atoms with van der Waals surface area (Å²) in [6.07, 6.45) is 1.69. The maximum Gasteiger partial charge on any atom is 0.273 e. The van der Waals surface area contributed by atoms with E-state index in [0.717, 1.165) is 27.1 Å². The zero-order valence-corrected chi connectivity index (χ0v) is 18.9. The minimum absolute atomic E-state index is 0.0418. The van der Waals surface area contributed by atoms with Gasteiger partial charge in [0, 0.05) is 32.9 Å². The van der Waals surface area contributed by atoms with Gasteiger partial charge in [0.05, 0.1) is 6.10 Å². The molecule has 2 heterocycles. The van der Waals surface area contributed by atoms with Crippen molar-refractivity contribution in [3.63, 3.8) is 0 Å². The van der Waals surface area contributed by atoms with Crippen LogP contribution in [0.15, 0.2) is 71.7 Å². The molecule has 0 radical (unpaired) electrons. The van der Waals surface area contributed by atoms with Gasteiger partial charge in [0.15, 0.2) is 0 Å². The normalized spacial score (nSPS) is 13.3. The second-order valence-corrected chi connectivity index (χ2v) is 9.38. The number of benzene rings is 2. The first-order chi connectivity index (χ1) is 14.8. The molecule has 4 aromatic rings. The van der Waals surface area contributed by atoms with Crippen molar-refractivity contribution in [2.45, 2.75) is 26.4 Å². The van der Waals surface area contributed by atoms with Gasteiger partial charge in [-0.15, -0.1) is 11.3 Å². The van der Waals surface area contributed by atoms with Gasteiger partial charge in [0.25, 0.3) is 5.56 Å². The molecule has 4 rings (SSSR count). The highest BCUT2D eigenvalue weighted by Crippen LogP contribution is 2.32. The fraction of sp³-hybridized carbons (Fsp3) is 0.200. The number of thiophene rings is 1. The third-order valence-corrected chi connectivity index (χ3v) is 6.83. The predicted molar refractivity (Wildman–Crippen MR) is 130 cm³/mol. The predicted octanol–water partition coefficient (Wildman–Crippen LogP) is 6.47. The molecule has 0 saturated carbocycles. The molecule has 0 amide bonds. The highest BCUT2D eigenvalue weighted by atomic mass is 35.5. The fourth-order valence-electron chi connectivity index (χ4n) is 3.74. The number of aliphatic hydroxyl groups excluding tert-OH is 1. The second kappa shape index (κ2) is 8.79. The molecule has 0 aliphatic heterocycles. The standard InChI is InChI=1S/C25H23ClN2O2S/c1-15(13-16(2)27)23(29)18-5-9-21(10-6-18)28-12-11-19-14-22(31-24(19)25(28)30)17-3-7-20(26)8-4-17/h3-12,14-15,23,27,29H,13H2,1-2H3. The summed E-state index contributed by atoms with van der Waals surface area (Å²) in [5.41, 5.74) is 3.05. The molecule has 158 valence electrons. The summed E-state index contributed by atoms with van der Waals surface area (Å²) < 4.78 is 2.33. The van der Waals surface area contributed by atoms with Crippen LogP contribution in [0.1, 0.15) is 31.9 Å². The Morgan fingerprint density at radius 1 is 1.13 bits per heavy atom. The van der Waals surface area contributed by atoms with Crippen molar-refractivity contribution in [3.8, 4) is 16.1 Å². The van der Waals surface area contributed by atoms with Crippen LogP contribution in [0.2, 0.25) is 5.02 Å². The first-order valence-electron chi connectivity index (χ1n) is 10.1. The first kappa shape index (κ1) is 21.5. The average molecular weight is 451 g/mol. The van der Waals surface area contributed by atoms with Crippen LogP contribution in [0.4, 0.5) is 0 Å². The van der Waals surface area contributed by atoms with E-state index in [1.807, 2.05) is 67.6 Å². The van der Waals surface area contributed by atoms with Crippen LogP contribution >= 0.6 is 22.9 Å². The maximum absolute atomic E-state index is 13.2. The van der Waals surface area contributed by atoms with E-state index < -0.39 is 6.10 Å². The largest absolute Gasteiger partial charge is 0.388 e. The molecule has 0 fully saturated rings. The van der Waals surface area contributed by atoms with E-state index >= 15 is 0 Å². The number of aromatic nitrogens is 1. The number of nitrogens with zero attached hydrogens (tertiary/aromatic N) is 1. The van der Waals surface area contributed by atoms with Crippen molar-refractivity contribution >= 4 is 38.7 Å². The van der Waals surface area contributed by atoms with E-state index in [0.29, 0.717) is 21.9 Å². The van der Waals surface area contributed by atoms with Gasteiger partial charge in [0.2, 0.25) is 0 Å². The number of fused-ring (bicyclic) bond motifs is 1. The van der Waals surface area contributed by atoms with Gasteiger partial charge in [0.1, 0.15) is 4.70 Å². The van der Waals surface area contributed by atoms with Crippen molar-refractivity contribution < 1.29 is 5.11 Å². The average Bonchev–Trinajstić information content (AvgIpc) is 3.19. The van der Waals surface area contributed by atoms with Gasteiger partial charge in [-0.05, 0) is 66.8 Å². The summed E-state index contributed by atoms with van der Waals surface area (Å²) in [7, 11) is 0. The summed E-state index contributed by atoms with van der Waals surface area (Å²) in [4.78, 5) is 14.2. The summed E-state index contributed by atoms with van der Waals surface area (Å²) in [5.74, 6) is -0.0418. The number of rotatable bonds is 6.